The third-order valence-corrected chi connectivity index (χ3v) is 4.14. The highest BCUT2D eigenvalue weighted by Gasteiger charge is 2.39. The van der Waals surface area contributed by atoms with Gasteiger partial charge in [-0.3, -0.25) is 9.69 Å². The van der Waals surface area contributed by atoms with Gasteiger partial charge in [0.05, 0.1) is 5.69 Å². The maximum absolute atomic E-state index is 12.6. The number of rotatable bonds is 2. The topological polar surface area (TPSA) is 83.4 Å². The van der Waals surface area contributed by atoms with Crippen LogP contribution in [-0.2, 0) is 11.2 Å². The van der Waals surface area contributed by atoms with Gasteiger partial charge < -0.3 is 5.11 Å². The molecule has 0 radical (unpaired) electrons. The molecule has 102 valence electrons. The molecule has 6 nitrogen and oxygen atoms in total. The van der Waals surface area contributed by atoms with E-state index in [1.807, 2.05) is 12.1 Å². The Hall–Kier alpha value is -2.28. The van der Waals surface area contributed by atoms with E-state index in [2.05, 4.69) is 9.59 Å². The minimum Gasteiger partial charge on any atom is -0.480 e. The number of aryl methyl sites for hydroxylation is 1. The molecule has 0 saturated carbocycles. The van der Waals surface area contributed by atoms with Crippen molar-refractivity contribution in [1.82, 2.24) is 9.59 Å². The van der Waals surface area contributed by atoms with Gasteiger partial charge in [-0.05, 0) is 30.1 Å². The number of aromatic nitrogens is 2. The van der Waals surface area contributed by atoms with Crippen LogP contribution in [0, 0.1) is 6.92 Å². The highest BCUT2D eigenvalue weighted by atomic mass is 32.1. The van der Waals surface area contributed by atoms with Crippen molar-refractivity contribution in [3.63, 3.8) is 0 Å². The van der Waals surface area contributed by atoms with Gasteiger partial charge in [0.1, 0.15) is 10.9 Å². The largest absolute Gasteiger partial charge is 0.480 e. The fraction of sp³-hybridized carbons (Fsp3) is 0.231. The minimum absolute atomic E-state index is 0.322. The van der Waals surface area contributed by atoms with Crippen LogP contribution >= 0.6 is 11.5 Å². The molecular weight excluding hydrogens is 278 g/mol. The lowest BCUT2D eigenvalue weighted by molar-refractivity contribution is -0.138. The van der Waals surface area contributed by atoms with Crippen molar-refractivity contribution < 1.29 is 14.7 Å². The minimum atomic E-state index is -1.01. The highest BCUT2D eigenvalue weighted by molar-refractivity contribution is 7.08. The number of carboxylic acid groups (broad SMARTS) is 1. The molecule has 1 aromatic heterocycles. The molecule has 2 heterocycles. The summed E-state index contributed by atoms with van der Waals surface area (Å²) >= 11 is 0.988. The fourth-order valence-electron chi connectivity index (χ4n) is 2.37. The summed E-state index contributed by atoms with van der Waals surface area (Å²) in [6, 6.07) is 6.37. The zero-order valence-corrected chi connectivity index (χ0v) is 11.4. The Labute approximate surface area is 118 Å². The molecule has 0 saturated heterocycles. The lowest BCUT2D eigenvalue weighted by atomic mass is 10.1. The Morgan fingerprint density at radius 1 is 1.40 bits per heavy atom. The zero-order chi connectivity index (χ0) is 14.3. The predicted molar refractivity (Wildman–Crippen MR) is 73.0 cm³/mol. The zero-order valence-electron chi connectivity index (χ0n) is 10.6. The van der Waals surface area contributed by atoms with Gasteiger partial charge in [0.15, 0.2) is 0 Å². The Morgan fingerprint density at radius 3 is 2.80 bits per heavy atom. The molecule has 1 amide bonds. The van der Waals surface area contributed by atoms with Crippen molar-refractivity contribution in [2.24, 2.45) is 0 Å². The number of carbonyl (C=O) groups excluding carboxylic acids is 1. The summed E-state index contributed by atoms with van der Waals surface area (Å²) in [5.74, 6) is -1.36. The highest BCUT2D eigenvalue weighted by Crippen LogP contribution is 2.34. The second-order valence-electron chi connectivity index (χ2n) is 4.55. The van der Waals surface area contributed by atoms with Crippen LogP contribution < -0.4 is 4.90 Å². The maximum atomic E-state index is 12.6. The fourth-order valence-corrected chi connectivity index (χ4v) is 2.97. The predicted octanol–water partition coefficient (Wildman–Crippen LogP) is 1.50. The number of carboxylic acids is 1. The summed E-state index contributed by atoms with van der Waals surface area (Å²) in [6.45, 7) is 1.69. The lowest BCUT2D eigenvalue weighted by Gasteiger charge is -2.21. The van der Waals surface area contributed by atoms with Gasteiger partial charge in [0.2, 0.25) is 0 Å². The molecule has 3 rings (SSSR count). The molecule has 0 bridgehead atoms. The molecule has 1 unspecified atom stereocenters. The number of carbonyl (C=O) groups is 2. The molecule has 0 aliphatic carbocycles. The summed E-state index contributed by atoms with van der Waals surface area (Å²) in [6.07, 6.45) is 0.322. The van der Waals surface area contributed by atoms with Crippen molar-refractivity contribution in [1.29, 1.82) is 0 Å². The van der Waals surface area contributed by atoms with Gasteiger partial charge >= 0.3 is 5.97 Å². The molecule has 1 aromatic carbocycles. The summed E-state index contributed by atoms with van der Waals surface area (Å²) in [4.78, 5) is 25.7. The number of amides is 1. The van der Waals surface area contributed by atoms with Crippen LogP contribution in [0.4, 0.5) is 5.69 Å². The Morgan fingerprint density at radius 2 is 2.15 bits per heavy atom. The van der Waals surface area contributed by atoms with Crippen LogP contribution in [0.5, 0.6) is 0 Å². The van der Waals surface area contributed by atoms with E-state index in [4.69, 9.17) is 0 Å². The summed E-state index contributed by atoms with van der Waals surface area (Å²) in [5.41, 5.74) is 2.04. The number of para-hydroxylation sites is 1. The van der Waals surface area contributed by atoms with Crippen LogP contribution in [0.25, 0.3) is 0 Å². The van der Waals surface area contributed by atoms with Gasteiger partial charge in [-0.1, -0.05) is 22.7 Å². The van der Waals surface area contributed by atoms with Crippen molar-refractivity contribution >= 4 is 29.1 Å². The van der Waals surface area contributed by atoms with Gasteiger partial charge in [-0.2, -0.15) is 0 Å². The first-order chi connectivity index (χ1) is 9.59. The van der Waals surface area contributed by atoms with E-state index in [0.29, 0.717) is 22.7 Å². The Balaban J connectivity index is 2.07. The number of nitrogens with zero attached hydrogens (tertiary/aromatic N) is 3. The second-order valence-corrected chi connectivity index (χ2v) is 5.30. The molecule has 1 aliphatic rings. The first-order valence-corrected chi connectivity index (χ1v) is 6.80. The first kappa shape index (κ1) is 12.7. The quantitative estimate of drug-likeness (QED) is 0.906. The normalized spacial score (nSPS) is 17.1. The average molecular weight is 289 g/mol. The van der Waals surface area contributed by atoms with Crippen LogP contribution in [0.2, 0.25) is 0 Å². The maximum Gasteiger partial charge on any atom is 0.327 e. The SMILES string of the molecule is Cc1nnsc1C(=O)N1c2ccccc2CC1C(=O)O. The lowest BCUT2D eigenvalue weighted by Crippen LogP contribution is -2.42. The van der Waals surface area contributed by atoms with E-state index in [-0.39, 0.29) is 5.91 Å². The number of hydrogen-bond acceptors (Lipinski definition) is 5. The Bertz CT molecular complexity index is 698. The van der Waals surface area contributed by atoms with Gasteiger partial charge in [-0.15, -0.1) is 5.10 Å². The van der Waals surface area contributed by atoms with Crippen LogP contribution in [0.15, 0.2) is 24.3 Å². The molecule has 0 fully saturated rings. The van der Waals surface area contributed by atoms with E-state index in [1.165, 1.54) is 4.90 Å². The number of hydrogen-bond donors (Lipinski definition) is 1. The summed E-state index contributed by atoms with van der Waals surface area (Å²) < 4.78 is 3.74. The third kappa shape index (κ3) is 1.87. The van der Waals surface area contributed by atoms with E-state index >= 15 is 0 Å². The van der Waals surface area contributed by atoms with Crippen molar-refractivity contribution in [3.8, 4) is 0 Å². The van der Waals surface area contributed by atoms with E-state index in [1.54, 1.807) is 19.1 Å². The average Bonchev–Trinajstić information content (AvgIpc) is 3.01. The van der Waals surface area contributed by atoms with Crippen molar-refractivity contribution in [2.75, 3.05) is 4.90 Å². The molecular formula is C13H11N3O3S. The monoisotopic (exact) mass is 289 g/mol. The molecule has 0 spiro atoms. The van der Waals surface area contributed by atoms with Gasteiger partial charge in [-0.25, -0.2) is 4.79 Å². The second kappa shape index (κ2) is 4.68. The first-order valence-electron chi connectivity index (χ1n) is 6.03. The van der Waals surface area contributed by atoms with Crippen LogP contribution in [0.3, 0.4) is 0 Å². The van der Waals surface area contributed by atoms with Crippen LogP contribution in [-0.4, -0.2) is 32.6 Å². The number of fused-ring (bicyclic) bond motifs is 1. The van der Waals surface area contributed by atoms with Crippen molar-refractivity contribution in [2.45, 2.75) is 19.4 Å². The third-order valence-electron chi connectivity index (χ3n) is 3.33. The summed E-state index contributed by atoms with van der Waals surface area (Å²) in [7, 11) is 0. The number of aliphatic carboxylic acids is 1. The number of anilines is 1. The molecule has 7 heteroatoms. The standard InChI is InChI=1S/C13H11N3O3S/c1-7-11(20-15-14-7)12(17)16-9-5-3-2-4-8(9)6-10(16)13(18)19/h2-5,10H,6H2,1H3,(H,18,19). The molecule has 2 aromatic rings. The van der Waals surface area contributed by atoms with Crippen molar-refractivity contribution in [3.05, 3.63) is 40.4 Å². The molecule has 1 N–H and O–H groups in total. The Kier molecular flexibility index (Phi) is 2.98. The van der Waals surface area contributed by atoms with E-state index in [0.717, 1.165) is 17.1 Å². The van der Waals surface area contributed by atoms with E-state index < -0.39 is 12.0 Å². The van der Waals surface area contributed by atoms with E-state index in [9.17, 15) is 14.7 Å². The molecule has 1 aliphatic heterocycles. The molecule has 20 heavy (non-hydrogen) atoms. The smallest absolute Gasteiger partial charge is 0.327 e. The number of benzene rings is 1. The molecule has 1 atom stereocenters. The van der Waals surface area contributed by atoms with Gasteiger partial charge in [0, 0.05) is 12.1 Å². The van der Waals surface area contributed by atoms with Crippen LogP contribution in [0.1, 0.15) is 20.9 Å². The van der Waals surface area contributed by atoms with Gasteiger partial charge in [0.25, 0.3) is 5.91 Å². The summed E-state index contributed by atoms with van der Waals surface area (Å²) in [5, 5.41) is 13.2.